The van der Waals surface area contributed by atoms with Crippen molar-refractivity contribution < 1.29 is 4.79 Å². The summed E-state index contributed by atoms with van der Waals surface area (Å²) in [7, 11) is 4.17. The van der Waals surface area contributed by atoms with Crippen LogP contribution >= 0.6 is 0 Å². The molecule has 0 bridgehead atoms. The molecule has 1 aliphatic carbocycles. The van der Waals surface area contributed by atoms with Crippen LogP contribution in [0.5, 0.6) is 0 Å². The van der Waals surface area contributed by atoms with Gasteiger partial charge in [0, 0.05) is 19.0 Å². The third-order valence-corrected chi connectivity index (χ3v) is 4.29. The highest BCUT2D eigenvalue weighted by atomic mass is 16.2. The van der Waals surface area contributed by atoms with Crippen molar-refractivity contribution in [2.75, 3.05) is 27.2 Å². The molecule has 2 fully saturated rings. The molecule has 0 spiro atoms. The molecule has 0 aromatic carbocycles. The lowest BCUT2D eigenvalue weighted by atomic mass is 10.0. The highest BCUT2D eigenvalue weighted by molar-refractivity contribution is 5.79. The molecule has 1 saturated carbocycles. The lowest BCUT2D eigenvalue weighted by molar-refractivity contribution is -0.136. The van der Waals surface area contributed by atoms with Crippen molar-refractivity contribution in [1.82, 2.24) is 9.80 Å². The Morgan fingerprint density at radius 2 is 1.69 bits per heavy atom. The van der Waals surface area contributed by atoms with Crippen LogP contribution in [0, 0.1) is 5.92 Å². The second kappa shape index (κ2) is 5.17. The van der Waals surface area contributed by atoms with Gasteiger partial charge in [0.25, 0.3) is 0 Å². The van der Waals surface area contributed by atoms with Gasteiger partial charge >= 0.3 is 0 Å². The Balaban J connectivity index is 1.86. The molecule has 1 heterocycles. The standard InChI is InChI=1S/C13H24N2O/c1-14-9-7-12(8-10-14)15(2)13(16)11-5-3-4-6-11/h11-12H,3-10H2,1-2H3. The van der Waals surface area contributed by atoms with Crippen LogP contribution in [0.25, 0.3) is 0 Å². The van der Waals surface area contributed by atoms with E-state index in [1.165, 1.54) is 12.8 Å². The zero-order valence-electron chi connectivity index (χ0n) is 10.6. The average molecular weight is 224 g/mol. The van der Waals surface area contributed by atoms with Gasteiger partial charge in [0.05, 0.1) is 0 Å². The number of carbonyl (C=O) groups excluding carboxylic acids is 1. The second-order valence-electron chi connectivity index (χ2n) is 5.46. The van der Waals surface area contributed by atoms with Gasteiger partial charge in [-0.3, -0.25) is 4.79 Å². The van der Waals surface area contributed by atoms with Gasteiger partial charge in [-0.25, -0.2) is 0 Å². The summed E-state index contributed by atoms with van der Waals surface area (Å²) >= 11 is 0. The van der Waals surface area contributed by atoms with Gasteiger partial charge in [-0.15, -0.1) is 0 Å². The number of nitrogens with zero attached hydrogens (tertiary/aromatic N) is 2. The SMILES string of the molecule is CN1CCC(N(C)C(=O)C2CCCC2)CC1. The molecule has 1 amide bonds. The van der Waals surface area contributed by atoms with Crippen LogP contribution < -0.4 is 0 Å². The minimum absolute atomic E-state index is 0.338. The van der Waals surface area contributed by atoms with Crippen molar-refractivity contribution in [3.05, 3.63) is 0 Å². The van der Waals surface area contributed by atoms with E-state index in [2.05, 4.69) is 11.9 Å². The van der Waals surface area contributed by atoms with Gasteiger partial charge in [-0.2, -0.15) is 0 Å². The highest BCUT2D eigenvalue weighted by Crippen LogP contribution is 2.27. The van der Waals surface area contributed by atoms with Gasteiger partial charge in [0.1, 0.15) is 0 Å². The van der Waals surface area contributed by atoms with E-state index in [0.717, 1.165) is 38.8 Å². The molecule has 92 valence electrons. The molecule has 1 saturated heterocycles. The summed E-state index contributed by atoms with van der Waals surface area (Å²) in [6.45, 7) is 2.26. The van der Waals surface area contributed by atoms with E-state index < -0.39 is 0 Å². The molecule has 0 N–H and O–H groups in total. The molecule has 2 rings (SSSR count). The number of hydrogen-bond donors (Lipinski definition) is 0. The van der Waals surface area contributed by atoms with Gasteiger partial charge in [0.15, 0.2) is 0 Å². The van der Waals surface area contributed by atoms with Crippen LogP contribution in [-0.4, -0.2) is 48.9 Å². The maximum Gasteiger partial charge on any atom is 0.225 e. The van der Waals surface area contributed by atoms with Gasteiger partial charge in [-0.05, 0) is 45.8 Å². The van der Waals surface area contributed by atoms with Crippen molar-refractivity contribution in [3.63, 3.8) is 0 Å². The van der Waals surface area contributed by atoms with Gasteiger partial charge in [0.2, 0.25) is 5.91 Å². The number of likely N-dealkylation sites (tertiary alicyclic amines) is 1. The van der Waals surface area contributed by atoms with Crippen LogP contribution in [0.3, 0.4) is 0 Å². The van der Waals surface area contributed by atoms with E-state index >= 15 is 0 Å². The molecule has 3 nitrogen and oxygen atoms in total. The first-order valence-corrected chi connectivity index (χ1v) is 6.63. The number of rotatable bonds is 2. The minimum Gasteiger partial charge on any atom is -0.342 e. The number of piperidine rings is 1. The summed E-state index contributed by atoms with van der Waals surface area (Å²) in [5, 5.41) is 0. The van der Waals surface area contributed by atoms with Crippen LogP contribution in [-0.2, 0) is 4.79 Å². The Morgan fingerprint density at radius 1 is 1.12 bits per heavy atom. The van der Waals surface area contributed by atoms with E-state index in [1.807, 2.05) is 11.9 Å². The molecule has 0 unspecified atom stereocenters. The number of amides is 1. The average Bonchev–Trinajstić information content (AvgIpc) is 2.81. The summed E-state index contributed by atoms with van der Waals surface area (Å²) in [5.41, 5.74) is 0. The van der Waals surface area contributed by atoms with Crippen molar-refractivity contribution >= 4 is 5.91 Å². The molecule has 0 atom stereocenters. The van der Waals surface area contributed by atoms with Crippen LogP contribution in [0.4, 0.5) is 0 Å². The van der Waals surface area contributed by atoms with E-state index in [4.69, 9.17) is 0 Å². The third kappa shape index (κ3) is 2.57. The Kier molecular flexibility index (Phi) is 3.85. The predicted octanol–water partition coefficient (Wildman–Crippen LogP) is 1.73. The van der Waals surface area contributed by atoms with Crippen LogP contribution in [0.1, 0.15) is 38.5 Å². The third-order valence-electron chi connectivity index (χ3n) is 4.29. The maximum absolute atomic E-state index is 12.2. The fraction of sp³-hybridized carbons (Fsp3) is 0.923. The number of hydrogen-bond acceptors (Lipinski definition) is 2. The zero-order valence-corrected chi connectivity index (χ0v) is 10.6. The fourth-order valence-electron chi connectivity index (χ4n) is 3.02. The number of carbonyl (C=O) groups is 1. The fourth-order valence-corrected chi connectivity index (χ4v) is 3.02. The van der Waals surface area contributed by atoms with Crippen molar-refractivity contribution in [2.45, 2.75) is 44.6 Å². The predicted molar refractivity (Wildman–Crippen MR) is 65.2 cm³/mol. The molecule has 1 aliphatic heterocycles. The van der Waals surface area contributed by atoms with E-state index in [9.17, 15) is 4.79 Å². The van der Waals surface area contributed by atoms with Crippen molar-refractivity contribution in [3.8, 4) is 0 Å². The summed E-state index contributed by atoms with van der Waals surface area (Å²) in [4.78, 5) is 16.6. The molecule has 16 heavy (non-hydrogen) atoms. The monoisotopic (exact) mass is 224 g/mol. The molecular weight excluding hydrogens is 200 g/mol. The Hall–Kier alpha value is -0.570. The lowest BCUT2D eigenvalue weighted by Crippen LogP contribution is -2.46. The quantitative estimate of drug-likeness (QED) is 0.713. The molecule has 0 radical (unpaired) electrons. The maximum atomic E-state index is 12.2. The van der Waals surface area contributed by atoms with Gasteiger partial charge in [-0.1, -0.05) is 12.8 Å². The second-order valence-corrected chi connectivity index (χ2v) is 5.46. The summed E-state index contributed by atoms with van der Waals surface area (Å²) in [5.74, 6) is 0.747. The van der Waals surface area contributed by atoms with Crippen molar-refractivity contribution in [2.24, 2.45) is 5.92 Å². The molecule has 0 aromatic rings. The largest absolute Gasteiger partial charge is 0.342 e. The molecular formula is C13H24N2O. The molecule has 2 aliphatic rings. The molecule has 0 aromatic heterocycles. The first kappa shape index (κ1) is 11.9. The minimum atomic E-state index is 0.338. The first-order chi connectivity index (χ1) is 7.68. The van der Waals surface area contributed by atoms with Crippen LogP contribution in [0.15, 0.2) is 0 Å². The smallest absolute Gasteiger partial charge is 0.225 e. The Morgan fingerprint density at radius 3 is 2.25 bits per heavy atom. The van der Waals surface area contributed by atoms with Crippen LogP contribution in [0.2, 0.25) is 0 Å². The molecule has 3 heteroatoms. The zero-order chi connectivity index (χ0) is 11.5. The van der Waals surface area contributed by atoms with E-state index in [-0.39, 0.29) is 0 Å². The normalized spacial score (nSPS) is 24.9. The topological polar surface area (TPSA) is 23.6 Å². The summed E-state index contributed by atoms with van der Waals surface area (Å²) < 4.78 is 0. The lowest BCUT2D eigenvalue weighted by Gasteiger charge is -2.36. The Labute approximate surface area is 98.8 Å². The van der Waals surface area contributed by atoms with Crippen molar-refractivity contribution in [1.29, 1.82) is 0 Å². The summed E-state index contributed by atoms with van der Waals surface area (Å²) in [6, 6.07) is 0.490. The first-order valence-electron chi connectivity index (χ1n) is 6.63. The summed E-state index contributed by atoms with van der Waals surface area (Å²) in [6.07, 6.45) is 7.03. The van der Waals surface area contributed by atoms with E-state index in [0.29, 0.717) is 17.9 Å². The Bertz CT molecular complexity index is 240. The van der Waals surface area contributed by atoms with Gasteiger partial charge < -0.3 is 9.80 Å². The highest BCUT2D eigenvalue weighted by Gasteiger charge is 2.30. The van der Waals surface area contributed by atoms with E-state index in [1.54, 1.807) is 0 Å².